The van der Waals surface area contributed by atoms with Gasteiger partial charge in [-0.25, -0.2) is 4.98 Å². The van der Waals surface area contributed by atoms with Crippen LogP contribution in [0.4, 0.5) is 5.69 Å². The molecule has 0 aliphatic rings. The minimum Gasteiger partial charge on any atom is -0.348 e. The molecule has 8 nitrogen and oxygen atoms in total. The monoisotopic (exact) mass is 408 g/mol. The highest BCUT2D eigenvalue weighted by Crippen LogP contribution is 2.17. The Bertz CT molecular complexity index is 1140. The minimum atomic E-state index is -0.572. The largest absolute Gasteiger partial charge is 0.348 e. The summed E-state index contributed by atoms with van der Waals surface area (Å²) < 4.78 is 1.15. The van der Waals surface area contributed by atoms with Crippen molar-refractivity contribution in [3.63, 3.8) is 0 Å². The van der Waals surface area contributed by atoms with Crippen molar-refractivity contribution in [2.75, 3.05) is 0 Å². The van der Waals surface area contributed by atoms with E-state index >= 15 is 0 Å². The number of nitro groups is 1. The van der Waals surface area contributed by atoms with Gasteiger partial charge in [0, 0.05) is 12.1 Å². The molecule has 1 amide bonds. The van der Waals surface area contributed by atoms with E-state index in [0.717, 1.165) is 16.6 Å². The molecule has 0 aliphatic carbocycles. The van der Waals surface area contributed by atoms with Crippen LogP contribution in [0.15, 0.2) is 53.6 Å². The zero-order valence-electron chi connectivity index (χ0n) is 17.2. The van der Waals surface area contributed by atoms with Crippen molar-refractivity contribution in [2.24, 2.45) is 5.92 Å². The number of aromatic nitrogens is 2. The van der Waals surface area contributed by atoms with Crippen LogP contribution >= 0.6 is 0 Å². The highest BCUT2D eigenvalue weighted by molar-refractivity contribution is 5.81. The van der Waals surface area contributed by atoms with Crippen LogP contribution in [0.25, 0.3) is 10.9 Å². The van der Waals surface area contributed by atoms with E-state index < -0.39 is 10.5 Å². The third kappa shape index (κ3) is 4.89. The molecule has 0 fully saturated rings. The van der Waals surface area contributed by atoms with Gasteiger partial charge in [-0.3, -0.25) is 24.3 Å². The number of hydrogen-bond donors (Lipinski definition) is 1. The van der Waals surface area contributed by atoms with E-state index in [4.69, 9.17) is 0 Å². The first-order chi connectivity index (χ1) is 14.2. The SMILES string of the molecule is CC(C)Cc1ccc(C(C)NC(=O)Cn2cnc3ccc([N+](=O)[O-])cc3c2=O)cc1. The number of hydrogen-bond acceptors (Lipinski definition) is 5. The van der Waals surface area contributed by atoms with Crippen LogP contribution in [0.3, 0.4) is 0 Å². The standard InChI is InChI=1S/C22H24N4O4/c1-14(2)10-16-4-6-17(7-5-16)15(3)24-21(27)12-25-13-23-20-9-8-18(26(29)30)11-19(20)22(25)28/h4-9,11,13-15H,10,12H2,1-3H3,(H,24,27). The van der Waals surface area contributed by atoms with E-state index in [1.807, 2.05) is 19.1 Å². The van der Waals surface area contributed by atoms with Gasteiger partial charge in [-0.15, -0.1) is 0 Å². The Balaban J connectivity index is 1.72. The van der Waals surface area contributed by atoms with Crippen molar-refractivity contribution >= 4 is 22.5 Å². The van der Waals surface area contributed by atoms with E-state index in [2.05, 4.69) is 36.3 Å². The van der Waals surface area contributed by atoms with Gasteiger partial charge in [-0.2, -0.15) is 0 Å². The van der Waals surface area contributed by atoms with Crippen LogP contribution in [0, 0.1) is 16.0 Å². The van der Waals surface area contributed by atoms with E-state index in [1.54, 1.807) is 0 Å². The van der Waals surface area contributed by atoms with Crippen LogP contribution in [0.2, 0.25) is 0 Å². The quantitative estimate of drug-likeness (QED) is 0.476. The van der Waals surface area contributed by atoms with E-state index in [0.29, 0.717) is 11.4 Å². The van der Waals surface area contributed by atoms with Gasteiger partial charge in [0.05, 0.1) is 28.2 Å². The maximum absolute atomic E-state index is 12.6. The van der Waals surface area contributed by atoms with Crippen LogP contribution < -0.4 is 10.9 Å². The smallest absolute Gasteiger partial charge is 0.270 e. The summed E-state index contributed by atoms with van der Waals surface area (Å²) in [6, 6.07) is 11.8. The van der Waals surface area contributed by atoms with Crippen LogP contribution in [0.1, 0.15) is 37.9 Å². The molecule has 0 saturated carbocycles. The molecule has 156 valence electrons. The first-order valence-corrected chi connectivity index (χ1v) is 9.76. The maximum atomic E-state index is 12.6. The molecule has 3 aromatic rings. The lowest BCUT2D eigenvalue weighted by atomic mass is 10.00. The van der Waals surface area contributed by atoms with Crippen molar-refractivity contribution in [1.29, 1.82) is 0 Å². The number of fused-ring (bicyclic) bond motifs is 1. The number of nitro benzene ring substituents is 1. The van der Waals surface area contributed by atoms with Gasteiger partial charge in [-0.05, 0) is 36.5 Å². The zero-order valence-corrected chi connectivity index (χ0v) is 17.2. The molecule has 2 aromatic carbocycles. The Morgan fingerprint density at radius 3 is 2.50 bits per heavy atom. The van der Waals surface area contributed by atoms with Crippen molar-refractivity contribution in [2.45, 2.75) is 39.8 Å². The van der Waals surface area contributed by atoms with Crippen molar-refractivity contribution < 1.29 is 9.72 Å². The second kappa shape index (κ2) is 8.86. The summed E-state index contributed by atoms with van der Waals surface area (Å²) in [7, 11) is 0. The number of amides is 1. The van der Waals surface area contributed by atoms with Gasteiger partial charge < -0.3 is 5.32 Å². The van der Waals surface area contributed by atoms with Crippen LogP contribution in [-0.4, -0.2) is 20.4 Å². The summed E-state index contributed by atoms with van der Waals surface area (Å²) in [6.45, 7) is 5.98. The predicted octanol–water partition coefficient (Wildman–Crippen LogP) is 3.38. The number of non-ortho nitro benzene ring substituents is 1. The molecule has 1 N–H and O–H groups in total. The van der Waals surface area contributed by atoms with Crippen molar-refractivity contribution in [3.05, 3.63) is 80.4 Å². The first kappa shape index (κ1) is 21.2. The average Bonchev–Trinajstić information content (AvgIpc) is 2.70. The third-order valence-corrected chi connectivity index (χ3v) is 4.83. The molecule has 30 heavy (non-hydrogen) atoms. The molecular formula is C22H24N4O4. The molecule has 1 unspecified atom stereocenters. The highest BCUT2D eigenvalue weighted by Gasteiger charge is 2.14. The lowest BCUT2D eigenvalue weighted by molar-refractivity contribution is -0.384. The molecule has 1 heterocycles. The highest BCUT2D eigenvalue weighted by atomic mass is 16.6. The summed E-state index contributed by atoms with van der Waals surface area (Å²) in [5.41, 5.74) is 1.87. The fraction of sp³-hybridized carbons (Fsp3) is 0.318. The van der Waals surface area contributed by atoms with Gasteiger partial charge in [-0.1, -0.05) is 38.1 Å². The molecule has 1 atom stereocenters. The first-order valence-electron chi connectivity index (χ1n) is 9.76. The number of carbonyl (C=O) groups excluding carboxylic acids is 1. The second-order valence-electron chi connectivity index (χ2n) is 7.76. The molecule has 0 spiro atoms. The lowest BCUT2D eigenvalue weighted by Gasteiger charge is -2.16. The lowest BCUT2D eigenvalue weighted by Crippen LogP contribution is -2.34. The van der Waals surface area contributed by atoms with Gasteiger partial charge >= 0.3 is 0 Å². The normalized spacial score (nSPS) is 12.1. The van der Waals surface area contributed by atoms with Gasteiger partial charge in [0.15, 0.2) is 0 Å². The van der Waals surface area contributed by atoms with Crippen LogP contribution in [-0.2, 0) is 17.8 Å². The van der Waals surface area contributed by atoms with Crippen molar-refractivity contribution in [3.8, 4) is 0 Å². The molecular weight excluding hydrogens is 384 g/mol. The Morgan fingerprint density at radius 2 is 1.87 bits per heavy atom. The van der Waals surface area contributed by atoms with E-state index in [9.17, 15) is 19.7 Å². The summed E-state index contributed by atoms with van der Waals surface area (Å²) in [4.78, 5) is 39.6. The molecule has 0 radical (unpaired) electrons. The average molecular weight is 408 g/mol. The number of rotatable bonds is 7. The second-order valence-corrected chi connectivity index (χ2v) is 7.76. The molecule has 0 bridgehead atoms. The fourth-order valence-corrected chi connectivity index (χ4v) is 3.31. The summed E-state index contributed by atoms with van der Waals surface area (Å²) in [6.07, 6.45) is 2.28. The number of benzene rings is 2. The molecule has 1 aromatic heterocycles. The maximum Gasteiger partial charge on any atom is 0.270 e. The van der Waals surface area contributed by atoms with Crippen LogP contribution in [0.5, 0.6) is 0 Å². The summed E-state index contributed by atoms with van der Waals surface area (Å²) in [5, 5.41) is 13.9. The number of nitrogens with one attached hydrogen (secondary N) is 1. The van der Waals surface area contributed by atoms with Gasteiger partial charge in [0.25, 0.3) is 11.2 Å². The number of nitrogens with zero attached hydrogens (tertiary/aromatic N) is 3. The topological polar surface area (TPSA) is 107 Å². The van der Waals surface area contributed by atoms with Crippen molar-refractivity contribution in [1.82, 2.24) is 14.9 Å². The summed E-state index contributed by atoms with van der Waals surface area (Å²) in [5.74, 6) is 0.228. The zero-order chi connectivity index (χ0) is 21.8. The molecule has 0 aliphatic heterocycles. The fourth-order valence-electron chi connectivity index (χ4n) is 3.31. The Hall–Kier alpha value is -3.55. The molecule has 8 heteroatoms. The Labute approximate surface area is 173 Å². The molecule has 3 rings (SSSR count). The van der Waals surface area contributed by atoms with Gasteiger partial charge in [0.1, 0.15) is 6.54 Å². The van der Waals surface area contributed by atoms with E-state index in [1.165, 1.54) is 30.1 Å². The Kier molecular flexibility index (Phi) is 6.25. The third-order valence-electron chi connectivity index (χ3n) is 4.83. The summed E-state index contributed by atoms with van der Waals surface area (Å²) >= 11 is 0. The minimum absolute atomic E-state index is 0.105. The predicted molar refractivity (Wildman–Crippen MR) is 114 cm³/mol. The van der Waals surface area contributed by atoms with Gasteiger partial charge in [0.2, 0.25) is 5.91 Å². The Morgan fingerprint density at radius 1 is 1.17 bits per heavy atom. The van der Waals surface area contributed by atoms with E-state index in [-0.39, 0.29) is 29.6 Å². The molecule has 0 saturated heterocycles. The number of carbonyl (C=O) groups is 1.